The zero-order valence-electron chi connectivity index (χ0n) is 16.3. The highest BCUT2D eigenvalue weighted by molar-refractivity contribution is 6.30. The number of phenols is 1. The van der Waals surface area contributed by atoms with E-state index in [2.05, 4.69) is 0 Å². The monoisotopic (exact) mass is 425 g/mol. The van der Waals surface area contributed by atoms with Crippen molar-refractivity contribution in [3.8, 4) is 5.75 Å². The van der Waals surface area contributed by atoms with Gasteiger partial charge in [-0.25, -0.2) is 4.79 Å². The van der Waals surface area contributed by atoms with Crippen LogP contribution < -0.4 is 5.56 Å². The number of carbonyl (C=O) groups is 2. The average molecular weight is 426 g/mol. The zero-order valence-corrected chi connectivity index (χ0v) is 17.1. The van der Waals surface area contributed by atoms with Crippen LogP contribution in [0.5, 0.6) is 5.75 Å². The number of ether oxygens (including phenoxy) is 1. The van der Waals surface area contributed by atoms with Crippen LogP contribution in [0.15, 0.2) is 65.6 Å². The molecule has 3 rings (SSSR count). The molecule has 0 amide bonds. The number of para-hydroxylation sites is 1. The van der Waals surface area contributed by atoms with Crippen molar-refractivity contribution in [2.24, 2.45) is 0 Å². The Morgan fingerprint density at radius 1 is 1.07 bits per heavy atom. The first-order valence-electron chi connectivity index (χ1n) is 9.39. The molecule has 1 N–H and O–H groups in total. The predicted molar refractivity (Wildman–Crippen MR) is 113 cm³/mol. The van der Waals surface area contributed by atoms with Gasteiger partial charge in [0.25, 0.3) is 5.56 Å². The third kappa shape index (κ3) is 4.78. The van der Waals surface area contributed by atoms with E-state index in [-0.39, 0.29) is 35.6 Å². The van der Waals surface area contributed by atoms with Crippen LogP contribution in [0.3, 0.4) is 0 Å². The fourth-order valence-corrected chi connectivity index (χ4v) is 3.13. The summed E-state index contributed by atoms with van der Waals surface area (Å²) in [7, 11) is 0. The number of aryl methyl sites for hydroxylation is 2. The largest absolute Gasteiger partial charge is 0.507 e. The molecule has 0 spiro atoms. The Kier molecular flexibility index (Phi) is 6.69. The minimum atomic E-state index is -0.797. The van der Waals surface area contributed by atoms with Crippen molar-refractivity contribution in [3.05, 3.63) is 98.4 Å². The van der Waals surface area contributed by atoms with E-state index < -0.39 is 17.3 Å². The van der Waals surface area contributed by atoms with Crippen LogP contribution in [-0.4, -0.2) is 28.0 Å². The molecule has 30 heavy (non-hydrogen) atoms. The summed E-state index contributed by atoms with van der Waals surface area (Å²) < 4.78 is 6.29. The number of esters is 1. The highest BCUT2D eigenvalue weighted by Gasteiger charge is 2.20. The topological polar surface area (TPSA) is 85.6 Å². The summed E-state index contributed by atoms with van der Waals surface area (Å²) in [6.07, 6.45) is 1.89. The number of nitrogens with zero attached hydrogens (tertiary/aromatic N) is 1. The van der Waals surface area contributed by atoms with Crippen LogP contribution in [0.25, 0.3) is 0 Å². The Labute approximate surface area is 178 Å². The Morgan fingerprint density at radius 2 is 1.77 bits per heavy atom. The van der Waals surface area contributed by atoms with Gasteiger partial charge < -0.3 is 14.4 Å². The fourth-order valence-electron chi connectivity index (χ4n) is 3.00. The molecule has 3 aromatic rings. The van der Waals surface area contributed by atoms with E-state index >= 15 is 0 Å². The lowest BCUT2D eigenvalue weighted by Crippen LogP contribution is -2.29. The maximum atomic E-state index is 12.9. The second kappa shape index (κ2) is 9.41. The number of ketones is 1. The highest BCUT2D eigenvalue weighted by Crippen LogP contribution is 2.20. The number of pyridine rings is 1. The highest BCUT2D eigenvalue weighted by atomic mass is 35.5. The molecule has 0 radical (unpaired) electrons. The SMILES string of the molecule is CCOC(=O)c1cc(C(=O)c2ccccc2O)cn(CCc2ccc(Cl)cc2)c1=O. The van der Waals surface area contributed by atoms with Gasteiger partial charge in [0, 0.05) is 23.3 Å². The number of hydrogen-bond acceptors (Lipinski definition) is 5. The maximum Gasteiger partial charge on any atom is 0.343 e. The molecular weight excluding hydrogens is 406 g/mol. The summed E-state index contributed by atoms with van der Waals surface area (Å²) in [6, 6.07) is 14.5. The van der Waals surface area contributed by atoms with Gasteiger partial charge in [-0.2, -0.15) is 0 Å². The van der Waals surface area contributed by atoms with E-state index in [0.29, 0.717) is 11.4 Å². The van der Waals surface area contributed by atoms with Crippen LogP contribution in [0, 0.1) is 0 Å². The summed E-state index contributed by atoms with van der Waals surface area (Å²) >= 11 is 5.90. The molecule has 7 heteroatoms. The van der Waals surface area contributed by atoms with Gasteiger partial charge in [0.1, 0.15) is 11.3 Å². The van der Waals surface area contributed by atoms with E-state index in [0.717, 1.165) is 5.56 Å². The van der Waals surface area contributed by atoms with Crippen molar-refractivity contribution in [1.82, 2.24) is 4.57 Å². The van der Waals surface area contributed by atoms with Crippen LogP contribution in [0.1, 0.15) is 38.8 Å². The fraction of sp³-hybridized carbons (Fsp3) is 0.174. The number of phenolic OH excluding ortho intramolecular Hbond substituents is 1. The van der Waals surface area contributed by atoms with Crippen molar-refractivity contribution in [2.45, 2.75) is 19.9 Å². The number of halogens is 1. The van der Waals surface area contributed by atoms with Crippen molar-refractivity contribution in [3.63, 3.8) is 0 Å². The van der Waals surface area contributed by atoms with Gasteiger partial charge in [-0.15, -0.1) is 0 Å². The van der Waals surface area contributed by atoms with Gasteiger partial charge in [-0.3, -0.25) is 9.59 Å². The standard InChI is InChI=1S/C23H20ClNO5/c1-2-30-23(29)19-13-16(21(27)18-5-3-4-6-20(18)26)14-25(22(19)28)12-11-15-7-9-17(24)10-8-15/h3-10,13-14,26H,2,11-12H2,1H3. The molecule has 6 nitrogen and oxygen atoms in total. The van der Waals surface area contributed by atoms with Crippen LogP contribution in [0.2, 0.25) is 5.02 Å². The number of carbonyl (C=O) groups excluding carboxylic acids is 2. The summed E-state index contributed by atoms with van der Waals surface area (Å²) in [5, 5.41) is 10.6. The molecule has 0 bridgehead atoms. The number of hydrogen-bond donors (Lipinski definition) is 1. The van der Waals surface area contributed by atoms with Crippen LogP contribution in [0.4, 0.5) is 0 Å². The molecular formula is C23H20ClNO5. The van der Waals surface area contributed by atoms with E-state index in [9.17, 15) is 19.5 Å². The molecule has 0 fully saturated rings. The second-order valence-electron chi connectivity index (χ2n) is 6.58. The first-order valence-corrected chi connectivity index (χ1v) is 9.77. The van der Waals surface area contributed by atoms with Crippen molar-refractivity contribution < 1.29 is 19.4 Å². The van der Waals surface area contributed by atoms with Crippen LogP contribution in [-0.2, 0) is 17.7 Å². The number of rotatable bonds is 7. The molecule has 1 heterocycles. The van der Waals surface area contributed by atoms with E-state index in [1.54, 1.807) is 31.2 Å². The average Bonchev–Trinajstić information content (AvgIpc) is 2.74. The first-order chi connectivity index (χ1) is 14.4. The number of benzene rings is 2. The van der Waals surface area contributed by atoms with Gasteiger partial charge in [-0.1, -0.05) is 35.9 Å². The van der Waals surface area contributed by atoms with Crippen molar-refractivity contribution in [1.29, 1.82) is 0 Å². The smallest absolute Gasteiger partial charge is 0.343 e. The van der Waals surface area contributed by atoms with Gasteiger partial charge >= 0.3 is 5.97 Å². The normalized spacial score (nSPS) is 10.6. The molecule has 2 aromatic carbocycles. The molecule has 0 saturated heterocycles. The number of aromatic hydroxyl groups is 1. The molecule has 0 unspecified atom stereocenters. The predicted octanol–water partition coefficient (Wildman–Crippen LogP) is 3.86. The Balaban J connectivity index is 2.01. The van der Waals surface area contributed by atoms with Gasteiger partial charge in [-0.05, 0) is 49.2 Å². The molecule has 0 saturated carbocycles. The molecule has 0 aliphatic rings. The van der Waals surface area contributed by atoms with Gasteiger partial charge in [0.15, 0.2) is 5.78 Å². The summed E-state index contributed by atoms with van der Waals surface area (Å²) in [4.78, 5) is 38.0. The Hall–Kier alpha value is -3.38. The molecule has 0 aliphatic heterocycles. The minimum Gasteiger partial charge on any atom is -0.507 e. The first kappa shape index (κ1) is 21.3. The third-order valence-electron chi connectivity index (χ3n) is 4.55. The van der Waals surface area contributed by atoms with Gasteiger partial charge in [0.05, 0.1) is 12.2 Å². The Morgan fingerprint density at radius 3 is 2.43 bits per heavy atom. The van der Waals surface area contributed by atoms with Gasteiger partial charge in [0.2, 0.25) is 0 Å². The number of aromatic nitrogens is 1. The Bertz CT molecular complexity index is 1140. The lowest BCUT2D eigenvalue weighted by atomic mass is 10.0. The van der Waals surface area contributed by atoms with E-state index in [1.807, 2.05) is 12.1 Å². The molecule has 154 valence electrons. The molecule has 0 aliphatic carbocycles. The lowest BCUT2D eigenvalue weighted by Gasteiger charge is -2.12. The zero-order chi connectivity index (χ0) is 21.7. The van der Waals surface area contributed by atoms with Crippen molar-refractivity contribution >= 4 is 23.4 Å². The maximum absolute atomic E-state index is 12.9. The van der Waals surface area contributed by atoms with Crippen LogP contribution >= 0.6 is 11.6 Å². The minimum absolute atomic E-state index is 0.0789. The summed E-state index contributed by atoms with van der Waals surface area (Å²) in [6.45, 7) is 1.98. The van der Waals surface area contributed by atoms with Crippen molar-refractivity contribution in [2.75, 3.05) is 6.61 Å². The molecule has 1 aromatic heterocycles. The quantitative estimate of drug-likeness (QED) is 0.459. The lowest BCUT2D eigenvalue weighted by molar-refractivity contribution is 0.0523. The summed E-state index contributed by atoms with van der Waals surface area (Å²) in [5.74, 6) is -1.48. The molecule has 0 atom stereocenters. The summed E-state index contributed by atoms with van der Waals surface area (Å²) in [5.41, 5.74) is 0.359. The second-order valence-corrected chi connectivity index (χ2v) is 7.02. The third-order valence-corrected chi connectivity index (χ3v) is 4.80. The van der Waals surface area contributed by atoms with E-state index in [4.69, 9.17) is 16.3 Å². The van der Waals surface area contributed by atoms with E-state index in [1.165, 1.54) is 29.0 Å².